The van der Waals surface area contributed by atoms with Crippen LogP contribution in [0.3, 0.4) is 0 Å². The molecule has 3 saturated carbocycles. The summed E-state index contributed by atoms with van der Waals surface area (Å²) in [6, 6.07) is 4.08. The minimum Gasteiger partial charge on any atom is -0.461 e. The molecule has 0 saturated heterocycles. The third-order valence-corrected chi connectivity index (χ3v) is 7.60. The van der Waals surface area contributed by atoms with E-state index in [9.17, 15) is 4.79 Å². The van der Waals surface area contributed by atoms with Gasteiger partial charge in [-0.3, -0.25) is 9.69 Å². The van der Waals surface area contributed by atoms with Gasteiger partial charge in [0.15, 0.2) is 5.76 Å². The molecule has 0 aromatic carbocycles. The Balaban J connectivity index is 1.54. The molecule has 1 aliphatic heterocycles. The van der Waals surface area contributed by atoms with E-state index >= 15 is 0 Å². The van der Waals surface area contributed by atoms with Crippen LogP contribution in [0.15, 0.2) is 22.8 Å². The van der Waals surface area contributed by atoms with Crippen molar-refractivity contribution in [3.8, 4) is 11.6 Å². The Bertz CT molecular complexity index is 876. The first-order valence-electron chi connectivity index (χ1n) is 11.1. The van der Waals surface area contributed by atoms with E-state index in [1.165, 1.54) is 38.5 Å². The van der Waals surface area contributed by atoms with Crippen molar-refractivity contribution in [2.24, 2.45) is 11.8 Å². The quantitative estimate of drug-likeness (QED) is 0.769. The number of aromatic nitrogens is 3. The van der Waals surface area contributed by atoms with Crippen LogP contribution in [-0.2, 0) is 10.3 Å². The fraction of sp³-hybridized carbons (Fsp3) is 0.682. The third kappa shape index (κ3) is 2.36. The number of hydrogen-bond acceptors (Lipinski definition) is 4. The van der Waals surface area contributed by atoms with Gasteiger partial charge in [-0.2, -0.15) is 4.98 Å². The molecule has 2 aromatic heterocycles. The first-order chi connectivity index (χ1) is 13.8. The first-order valence-corrected chi connectivity index (χ1v) is 11.1. The summed E-state index contributed by atoms with van der Waals surface area (Å²) in [7, 11) is 0. The van der Waals surface area contributed by atoms with Crippen molar-refractivity contribution in [2.45, 2.75) is 82.2 Å². The van der Waals surface area contributed by atoms with Crippen molar-refractivity contribution < 1.29 is 9.21 Å². The van der Waals surface area contributed by atoms with Gasteiger partial charge in [0, 0.05) is 17.9 Å². The number of nitrogens with zero attached hydrogens (tertiary/aromatic N) is 4. The first kappa shape index (κ1) is 16.8. The van der Waals surface area contributed by atoms with Crippen molar-refractivity contribution in [1.82, 2.24) is 14.8 Å². The van der Waals surface area contributed by atoms with Crippen molar-refractivity contribution >= 4 is 11.9 Å². The molecule has 0 radical (unpaired) electrons. The topological polar surface area (TPSA) is 64.2 Å². The van der Waals surface area contributed by atoms with Crippen LogP contribution in [0.2, 0.25) is 0 Å². The molecule has 3 fully saturated rings. The Kier molecular flexibility index (Phi) is 3.72. The molecule has 2 aromatic rings. The molecule has 1 amide bonds. The van der Waals surface area contributed by atoms with E-state index in [0.29, 0.717) is 23.5 Å². The fourth-order valence-corrected chi connectivity index (χ4v) is 6.16. The third-order valence-electron chi connectivity index (χ3n) is 7.60. The summed E-state index contributed by atoms with van der Waals surface area (Å²) >= 11 is 0. The molecule has 6 nitrogen and oxygen atoms in total. The number of carbonyl (C=O) groups is 1. The molecule has 1 spiro atoms. The van der Waals surface area contributed by atoms with Gasteiger partial charge in [-0.1, -0.05) is 32.1 Å². The SMILES string of the molecule is O=C(C1CC1)N1c2nc(-c3ccco3)nn2C2(CCCCC2)C2CCCCC21. The van der Waals surface area contributed by atoms with Crippen LogP contribution in [0.5, 0.6) is 0 Å². The molecular weight excluding hydrogens is 352 g/mol. The zero-order valence-electron chi connectivity index (χ0n) is 16.3. The van der Waals surface area contributed by atoms with Crippen molar-refractivity contribution in [3.63, 3.8) is 0 Å². The molecule has 2 unspecified atom stereocenters. The maximum atomic E-state index is 13.4. The van der Waals surface area contributed by atoms with Crippen molar-refractivity contribution in [1.29, 1.82) is 0 Å². The Morgan fingerprint density at radius 1 is 1.07 bits per heavy atom. The second-order valence-electron chi connectivity index (χ2n) is 9.23. The van der Waals surface area contributed by atoms with E-state index < -0.39 is 0 Å². The van der Waals surface area contributed by atoms with E-state index in [-0.39, 0.29) is 17.4 Å². The lowest BCUT2D eigenvalue weighted by atomic mass is 9.64. The van der Waals surface area contributed by atoms with Crippen LogP contribution in [0.4, 0.5) is 5.95 Å². The largest absolute Gasteiger partial charge is 0.461 e. The predicted octanol–water partition coefficient (Wildman–Crippen LogP) is 4.51. The zero-order chi connectivity index (χ0) is 18.7. The molecule has 6 rings (SSSR count). The fourth-order valence-electron chi connectivity index (χ4n) is 6.16. The number of carbonyl (C=O) groups excluding carboxylic acids is 1. The lowest BCUT2D eigenvalue weighted by Crippen LogP contribution is -2.61. The molecule has 3 heterocycles. The summed E-state index contributed by atoms with van der Waals surface area (Å²) in [4.78, 5) is 20.3. The normalized spacial score (nSPS) is 28.8. The number of furan rings is 1. The standard InChI is InChI=1S/C22H28N4O2/c27-20(15-10-11-15)25-17-8-3-2-7-16(17)22(12-4-1-5-13-22)26-21(25)23-19(24-26)18-9-6-14-28-18/h6,9,14-17H,1-5,7-8,10-13H2. The second kappa shape index (κ2) is 6.19. The van der Waals surface area contributed by atoms with Gasteiger partial charge in [0.1, 0.15) is 0 Å². The maximum Gasteiger partial charge on any atom is 0.232 e. The minimum absolute atomic E-state index is 0.0246. The van der Waals surface area contributed by atoms with Gasteiger partial charge in [0.25, 0.3) is 0 Å². The number of amides is 1. The Morgan fingerprint density at radius 2 is 1.89 bits per heavy atom. The summed E-state index contributed by atoms with van der Waals surface area (Å²) in [5.74, 6) is 3.07. The highest BCUT2D eigenvalue weighted by atomic mass is 16.3. The van der Waals surface area contributed by atoms with Crippen LogP contribution in [-0.4, -0.2) is 26.7 Å². The monoisotopic (exact) mass is 380 g/mol. The molecule has 0 N–H and O–H groups in total. The summed E-state index contributed by atoms with van der Waals surface area (Å²) < 4.78 is 7.78. The summed E-state index contributed by atoms with van der Waals surface area (Å²) in [5.41, 5.74) is 0.0246. The van der Waals surface area contributed by atoms with Crippen LogP contribution in [0.25, 0.3) is 11.6 Å². The summed E-state index contributed by atoms with van der Waals surface area (Å²) in [5, 5.41) is 4.99. The average molecular weight is 380 g/mol. The van der Waals surface area contributed by atoms with Gasteiger partial charge in [-0.15, -0.1) is 5.10 Å². The van der Waals surface area contributed by atoms with Gasteiger partial charge in [-0.05, 0) is 50.7 Å². The minimum atomic E-state index is 0.0246. The molecule has 4 aliphatic rings. The number of rotatable bonds is 2. The van der Waals surface area contributed by atoms with Crippen molar-refractivity contribution in [2.75, 3.05) is 4.90 Å². The van der Waals surface area contributed by atoms with Crippen LogP contribution < -0.4 is 4.90 Å². The Labute approximate surface area is 165 Å². The van der Waals surface area contributed by atoms with E-state index in [0.717, 1.165) is 38.1 Å². The molecule has 0 bridgehead atoms. The Hall–Kier alpha value is -2.11. The van der Waals surface area contributed by atoms with Gasteiger partial charge >= 0.3 is 0 Å². The summed E-state index contributed by atoms with van der Waals surface area (Å²) in [6.07, 6.45) is 14.6. The highest BCUT2D eigenvalue weighted by Crippen LogP contribution is 2.53. The average Bonchev–Trinajstić information content (AvgIpc) is 3.25. The van der Waals surface area contributed by atoms with Crippen LogP contribution in [0, 0.1) is 11.8 Å². The molecule has 2 atom stereocenters. The lowest BCUT2D eigenvalue weighted by molar-refractivity contribution is -0.122. The van der Waals surface area contributed by atoms with Crippen molar-refractivity contribution in [3.05, 3.63) is 18.4 Å². The molecule has 148 valence electrons. The summed E-state index contributed by atoms with van der Waals surface area (Å²) in [6.45, 7) is 0. The zero-order valence-corrected chi connectivity index (χ0v) is 16.3. The van der Waals surface area contributed by atoms with Crippen LogP contribution >= 0.6 is 0 Å². The van der Waals surface area contributed by atoms with Gasteiger partial charge in [0.2, 0.25) is 17.7 Å². The van der Waals surface area contributed by atoms with E-state index in [1.807, 2.05) is 12.1 Å². The maximum absolute atomic E-state index is 13.4. The van der Waals surface area contributed by atoms with E-state index in [4.69, 9.17) is 14.5 Å². The number of hydrogen-bond donors (Lipinski definition) is 0. The molecule has 28 heavy (non-hydrogen) atoms. The highest BCUT2D eigenvalue weighted by Gasteiger charge is 2.56. The van der Waals surface area contributed by atoms with E-state index in [1.54, 1.807) is 6.26 Å². The molecular formula is C22H28N4O2. The van der Waals surface area contributed by atoms with Gasteiger partial charge in [-0.25, -0.2) is 4.68 Å². The van der Waals surface area contributed by atoms with E-state index in [2.05, 4.69) is 9.58 Å². The second-order valence-corrected chi connectivity index (χ2v) is 9.23. The number of anilines is 1. The Morgan fingerprint density at radius 3 is 2.64 bits per heavy atom. The highest BCUT2D eigenvalue weighted by molar-refractivity contribution is 5.96. The lowest BCUT2D eigenvalue weighted by Gasteiger charge is -2.55. The predicted molar refractivity (Wildman–Crippen MR) is 105 cm³/mol. The van der Waals surface area contributed by atoms with Crippen LogP contribution in [0.1, 0.15) is 70.6 Å². The molecule has 3 aliphatic carbocycles. The number of fused-ring (bicyclic) bond motifs is 4. The van der Waals surface area contributed by atoms with Gasteiger partial charge in [0.05, 0.1) is 11.8 Å². The molecule has 6 heteroatoms. The van der Waals surface area contributed by atoms with Gasteiger partial charge < -0.3 is 4.42 Å². The smallest absolute Gasteiger partial charge is 0.232 e.